The first-order chi connectivity index (χ1) is 10.1. The standard InChI is InChI=1S/C17H27ClN2O/c1-13-6-8-20(14(2)10-13)16-5-4-15(17(18)11-16)12-19-7-9-21-3/h4-5,11,13-14,19H,6-10,12H2,1-3H3. The Morgan fingerprint density at radius 3 is 2.86 bits per heavy atom. The monoisotopic (exact) mass is 310 g/mol. The lowest BCUT2D eigenvalue weighted by atomic mass is 9.93. The number of halogens is 1. The first-order valence-corrected chi connectivity index (χ1v) is 8.24. The Balaban J connectivity index is 1.98. The van der Waals surface area contributed by atoms with Crippen molar-refractivity contribution in [3.8, 4) is 0 Å². The van der Waals surface area contributed by atoms with Gasteiger partial charge in [-0.25, -0.2) is 0 Å². The van der Waals surface area contributed by atoms with Crippen molar-refractivity contribution in [2.75, 3.05) is 31.7 Å². The third-order valence-electron chi connectivity index (χ3n) is 4.31. The molecule has 118 valence electrons. The molecule has 1 aromatic carbocycles. The molecule has 1 fully saturated rings. The summed E-state index contributed by atoms with van der Waals surface area (Å²) >= 11 is 6.44. The van der Waals surface area contributed by atoms with Crippen molar-refractivity contribution in [2.45, 2.75) is 39.3 Å². The fourth-order valence-electron chi connectivity index (χ4n) is 3.05. The lowest BCUT2D eigenvalue weighted by Crippen LogP contribution is -2.40. The normalized spacial score (nSPS) is 22.6. The van der Waals surface area contributed by atoms with Gasteiger partial charge in [-0.2, -0.15) is 0 Å². The van der Waals surface area contributed by atoms with Crippen molar-refractivity contribution in [3.05, 3.63) is 28.8 Å². The number of methoxy groups -OCH3 is 1. The summed E-state index contributed by atoms with van der Waals surface area (Å²) in [7, 11) is 1.71. The average molecular weight is 311 g/mol. The molecule has 0 aliphatic carbocycles. The summed E-state index contributed by atoms with van der Waals surface area (Å²) in [5.74, 6) is 0.830. The zero-order valence-electron chi connectivity index (χ0n) is 13.4. The van der Waals surface area contributed by atoms with E-state index in [4.69, 9.17) is 16.3 Å². The van der Waals surface area contributed by atoms with Crippen LogP contribution in [0.3, 0.4) is 0 Å². The quantitative estimate of drug-likeness (QED) is 0.811. The Labute approximate surface area is 133 Å². The molecular weight excluding hydrogens is 284 g/mol. The maximum absolute atomic E-state index is 6.44. The highest BCUT2D eigenvalue weighted by Gasteiger charge is 2.23. The zero-order valence-corrected chi connectivity index (χ0v) is 14.1. The number of nitrogens with zero attached hydrogens (tertiary/aromatic N) is 1. The number of nitrogens with one attached hydrogen (secondary N) is 1. The number of hydrogen-bond acceptors (Lipinski definition) is 3. The molecule has 1 saturated heterocycles. The Morgan fingerprint density at radius 1 is 1.38 bits per heavy atom. The molecule has 0 spiro atoms. The first-order valence-electron chi connectivity index (χ1n) is 7.86. The molecule has 4 heteroatoms. The van der Waals surface area contributed by atoms with E-state index < -0.39 is 0 Å². The van der Waals surface area contributed by atoms with Crippen molar-refractivity contribution >= 4 is 17.3 Å². The van der Waals surface area contributed by atoms with Gasteiger partial charge in [0.15, 0.2) is 0 Å². The molecule has 0 bridgehead atoms. The number of benzene rings is 1. The average Bonchev–Trinajstić information content (AvgIpc) is 2.45. The number of piperidine rings is 1. The highest BCUT2D eigenvalue weighted by Crippen LogP contribution is 2.30. The lowest BCUT2D eigenvalue weighted by Gasteiger charge is -2.38. The van der Waals surface area contributed by atoms with E-state index in [1.165, 1.54) is 18.5 Å². The van der Waals surface area contributed by atoms with E-state index in [-0.39, 0.29) is 0 Å². The molecule has 0 radical (unpaired) electrons. The van der Waals surface area contributed by atoms with E-state index in [1.807, 2.05) is 0 Å². The van der Waals surface area contributed by atoms with Crippen LogP contribution in [0.1, 0.15) is 32.3 Å². The Kier molecular flexibility index (Phi) is 6.34. The summed E-state index contributed by atoms with van der Waals surface area (Å²) in [6, 6.07) is 7.05. The SMILES string of the molecule is COCCNCc1ccc(N2CCC(C)CC2C)cc1Cl. The van der Waals surface area contributed by atoms with E-state index in [0.717, 1.165) is 42.7 Å². The van der Waals surface area contributed by atoms with Crippen LogP contribution in [0.15, 0.2) is 18.2 Å². The third-order valence-corrected chi connectivity index (χ3v) is 4.66. The second-order valence-corrected chi connectivity index (χ2v) is 6.52. The van der Waals surface area contributed by atoms with E-state index in [2.05, 4.69) is 42.3 Å². The molecule has 1 aliphatic heterocycles. The van der Waals surface area contributed by atoms with Gasteiger partial charge in [0.05, 0.1) is 6.61 Å². The zero-order chi connectivity index (χ0) is 15.2. The molecule has 3 nitrogen and oxygen atoms in total. The Morgan fingerprint density at radius 2 is 2.19 bits per heavy atom. The van der Waals surface area contributed by atoms with Crippen molar-refractivity contribution in [2.24, 2.45) is 5.92 Å². The van der Waals surface area contributed by atoms with Gasteiger partial charge in [-0.15, -0.1) is 0 Å². The molecular formula is C17H27ClN2O. The highest BCUT2D eigenvalue weighted by atomic mass is 35.5. The summed E-state index contributed by atoms with van der Waals surface area (Å²) < 4.78 is 5.03. The number of anilines is 1. The number of ether oxygens (including phenoxy) is 1. The maximum atomic E-state index is 6.44. The van der Waals surface area contributed by atoms with Crippen molar-refractivity contribution in [3.63, 3.8) is 0 Å². The predicted octanol–water partition coefficient (Wildman–Crippen LogP) is 3.70. The predicted molar refractivity (Wildman–Crippen MR) is 90.2 cm³/mol. The van der Waals surface area contributed by atoms with Crippen LogP contribution in [-0.2, 0) is 11.3 Å². The first kappa shape index (κ1) is 16.6. The van der Waals surface area contributed by atoms with Crippen LogP contribution < -0.4 is 10.2 Å². The molecule has 1 heterocycles. The Hall–Kier alpha value is -0.770. The summed E-state index contributed by atoms with van der Waals surface area (Å²) in [6.07, 6.45) is 2.53. The minimum absolute atomic E-state index is 0.593. The molecule has 2 rings (SSSR count). The molecule has 0 saturated carbocycles. The van der Waals surface area contributed by atoms with Crippen molar-refractivity contribution < 1.29 is 4.74 Å². The van der Waals surface area contributed by atoms with Gasteiger partial charge in [-0.1, -0.05) is 24.6 Å². The molecule has 1 aromatic rings. The maximum Gasteiger partial charge on any atom is 0.0587 e. The van der Waals surface area contributed by atoms with Crippen LogP contribution in [0.4, 0.5) is 5.69 Å². The highest BCUT2D eigenvalue weighted by molar-refractivity contribution is 6.31. The minimum Gasteiger partial charge on any atom is -0.383 e. The molecule has 0 aromatic heterocycles. The van der Waals surface area contributed by atoms with Gasteiger partial charge >= 0.3 is 0 Å². The van der Waals surface area contributed by atoms with Gasteiger partial charge in [0.2, 0.25) is 0 Å². The lowest BCUT2D eigenvalue weighted by molar-refractivity contribution is 0.199. The van der Waals surface area contributed by atoms with Crippen LogP contribution in [0.5, 0.6) is 0 Å². The summed E-state index contributed by atoms with van der Waals surface area (Å²) in [6.45, 7) is 8.13. The van der Waals surface area contributed by atoms with Gasteiger partial charge in [0.25, 0.3) is 0 Å². The van der Waals surface area contributed by atoms with Gasteiger partial charge < -0.3 is 15.0 Å². The summed E-state index contributed by atoms with van der Waals surface area (Å²) in [5, 5.41) is 4.18. The van der Waals surface area contributed by atoms with Crippen LogP contribution >= 0.6 is 11.6 Å². The second kappa shape index (κ2) is 8.02. The number of rotatable bonds is 6. The van der Waals surface area contributed by atoms with E-state index in [9.17, 15) is 0 Å². The fourth-order valence-corrected chi connectivity index (χ4v) is 3.29. The smallest absolute Gasteiger partial charge is 0.0587 e. The number of hydrogen-bond donors (Lipinski definition) is 1. The Bertz CT molecular complexity index is 452. The van der Waals surface area contributed by atoms with Crippen molar-refractivity contribution in [1.29, 1.82) is 0 Å². The fraction of sp³-hybridized carbons (Fsp3) is 0.647. The van der Waals surface area contributed by atoms with Crippen LogP contribution in [0.2, 0.25) is 5.02 Å². The topological polar surface area (TPSA) is 24.5 Å². The molecule has 1 N–H and O–H groups in total. The van der Waals surface area contributed by atoms with Crippen LogP contribution in [-0.4, -0.2) is 32.8 Å². The van der Waals surface area contributed by atoms with E-state index in [1.54, 1.807) is 7.11 Å². The van der Waals surface area contributed by atoms with E-state index in [0.29, 0.717) is 6.04 Å². The van der Waals surface area contributed by atoms with Crippen LogP contribution in [0, 0.1) is 5.92 Å². The summed E-state index contributed by atoms with van der Waals surface area (Å²) in [4.78, 5) is 2.48. The van der Waals surface area contributed by atoms with Gasteiger partial charge in [0.1, 0.15) is 0 Å². The van der Waals surface area contributed by atoms with Gasteiger partial charge in [0, 0.05) is 43.5 Å². The molecule has 1 aliphatic rings. The molecule has 0 amide bonds. The largest absolute Gasteiger partial charge is 0.383 e. The minimum atomic E-state index is 0.593. The molecule has 2 unspecified atom stereocenters. The van der Waals surface area contributed by atoms with Crippen LogP contribution in [0.25, 0.3) is 0 Å². The van der Waals surface area contributed by atoms with E-state index >= 15 is 0 Å². The third kappa shape index (κ3) is 4.60. The van der Waals surface area contributed by atoms with Crippen molar-refractivity contribution in [1.82, 2.24) is 5.32 Å². The van der Waals surface area contributed by atoms with Gasteiger partial charge in [-0.3, -0.25) is 0 Å². The molecule has 21 heavy (non-hydrogen) atoms. The second-order valence-electron chi connectivity index (χ2n) is 6.12. The molecule has 2 atom stereocenters. The van der Waals surface area contributed by atoms with Gasteiger partial charge in [-0.05, 0) is 43.4 Å². The summed E-state index contributed by atoms with van der Waals surface area (Å²) in [5.41, 5.74) is 2.40.